The molecule has 0 aliphatic rings. The minimum Gasteiger partial charge on any atom is -0.0564 e. The zero-order chi connectivity index (χ0) is 6.85. The van der Waals surface area contributed by atoms with Crippen molar-refractivity contribution in [2.24, 2.45) is 0 Å². The standard InChI is InChI=1S/C9H12.Li/c1-7-4-8(2)6-9(3)5-7;/h4-6H,1-3H3;/q;+1. The average Bonchev–Trinajstić information content (AvgIpc) is 1.59. The number of hydrogen-bond donors (Lipinski definition) is 0. The Morgan fingerprint density at radius 3 is 1.10 bits per heavy atom. The van der Waals surface area contributed by atoms with E-state index in [1.54, 1.807) is 0 Å². The maximum absolute atomic E-state index is 2.19. The van der Waals surface area contributed by atoms with E-state index in [9.17, 15) is 0 Å². The van der Waals surface area contributed by atoms with Gasteiger partial charge < -0.3 is 0 Å². The normalized spacial score (nSPS) is 8.70. The molecular weight excluding hydrogens is 115 g/mol. The van der Waals surface area contributed by atoms with Gasteiger partial charge in [-0.3, -0.25) is 0 Å². The summed E-state index contributed by atoms with van der Waals surface area (Å²) in [6, 6.07) is 6.56. The van der Waals surface area contributed by atoms with E-state index in [1.165, 1.54) is 16.7 Å². The van der Waals surface area contributed by atoms with Crippen molar-refractivity contribution in [2.45, 2.75) is 20.8 Å². The topological polar surface area (TPSA) is 0 Å². The van der Waals surface area contributed by atoms with Crippen molar-refractivity contribution >= 4 is 0 Å². The third-order valence-electron chi connectivity index (χ3n) is 1.37. The van der Waals surface area contributed by atoms with Crippen molar-refractivity contribution in [1.82, 2.24) is 0 Å². The Hall–Kier alpha value is -0.183. The van der Waals surface area contributed by atoms with E-state index in [0.29, 0.717) is 0 Å². The van der Waals surface area contributed by atoms with E-state index in [1.807, 2.05) is 0 Å². The van der Waals surface area contributed by atoms with Crippen molar-refractivity contribution in [1.29, 1.82) is 0 Å². The first-order chi connectivity index (χ1) is 4.18. The minimum absolute atomic E-state index is 0. The van der Waals surface area contributed by atoms with Crippen LogP contribution >= 0.6 is 0 Å². The van der Waals surface area contributed by atoms with Gasteiger partial charge in [-0.05, 0) is 20.8 Å². The summed E-state index contributed by atoms with van der Waals surface area (Å²) in [5.41, 5.74) is 4.06. The Morgan fingerprint density at radius 1 is 0.700 bits per heavy atom. The van der Waals surface area contributed by atoms with Gasteiger partial charge in [-0.1, -0.05) is 34.9 Å². The molecule has 0 N–H and O–H groups in total. The van der Waals surface area contributed by atoms with Crippen molar-refractivity contribution in [3.63, 3.8) is 0 Å². The Morgan fingerprint density at radius 2 is 0.900 bits per heavy atom. The third kappa shape index (κ3) is 2.60. The SMILES string of the molecule is Cc1cc(C)cc(C)c1.[Li+]. The van der Waals surface area contributed by atoms with Crippen LogP contribution in [0, 0.1) is 20.8 Å². The van der Waals surface area contributed by atoms with E-state index in [0.717, 1.165) is 0 Å². The van der Waals surface area contributed by atoms with Crippen molar-refractivity contribution in [3.05, 3.63) is 34.9 Å². The summed E-state index contributed by atoms with van der Waals surface area (Å²) in [7, 11) is 0. The van der Waals surface area contributed by atoms with Crippen LogP contribution in [0.5, 0.6) is 0 Å². The van der Waals surface area contributed by atoms with Crippen molar-refractivity contribution < 1.29 is 18.9 Å². The fourth-order valence-electron chi connectivity index (χ4n) is 1.20. The maximum atomic E-state index is 2.19. The van der Waals surface area contributed by atoms with Crippen molar-refractivity contribution in [2.75, 3.05) is 0 Å². The summed E-state index contributed by atoms with van der Waals surface area (Å²) in [5.74, 6) is 0. The first-order valence-corrected chi connectivity index (χ1v) is 3.23. The van der Waals surface area contributed by atoms with E-state index < -0.39 is 0 Å². The van der Waals surface area contributed by atoms with Crippen LogP contribution in [0.1, 0.15) is 16.7 Å². The van der Waals surface area contributed by atoms with Gasteiger partial charge in [0, 0.05) is 0 Å². The number of hydrogen-bond acceptors (Lipinski definition) is 0. The Bertz CT molecular complexity index is 165. The van der Waals surface area contributed by atoms with Gasteiger partial charge in [0.15, 0.2) is 0 Å². The van der Waals surface area contributed by atoms with Crippen LogP contribution in [-0.4, -0.2) is 0 Å². The van der Waals surface area contributed by atoms with E-state index in [-0.39, 0.29) is 18.9 Å². The summed E-state index contributed by atoms with van der Waals surface area (Å²) in [6.45, 7) is 6.38. The fourth-order valence-corrected chi connectivity index (χ4v) is 1.20. The second-order valence-electron chi connectivity index (χ2n) is 2.67. The number of aryl methyl sites for hydroxylation is 3. The molecule has 1 aromatic carbocycles. The number of benzene rings is 1. The molecule has 1 heteroatoms. The maximum Gasteiger partial charge on any atom is 1.00 e. The molecule has 0 aliphatic carbocycles. The van der Waals surface area contributed by atoms with E-state index in [2.05, 4.69) is 39.0 Å². The molecular formula is C9H12Li+. The van der Waals surface area contributed by atoms with Crippen LogP contribution in [0.3, 0.4) is 0 Å². The zero-order valence-corrected chi connectivity index (χ0v) is 7.23. The first kappa shape index (κ1) is 9.82. The largest absolute Gasteiger partial charge is 1.00 e. The summed E-state index contributed by atoms with van der Waals surface area (Å²) in [6.07, 6.45) is 0. The summed E-state index contributed by atoms with van der Waals surface area (Å²) in [5, 5.41) is 0. The molecule has 0 aliphatic heterocycles. The Labute approximate surface area is 74.8 Å². The molecule has 0 unspecified atom stereocenters. The summed E-state index contributed by atoms with van der Waals surface area (Å²) in [4.78, 5) is 0. The van der Waals surface area contributed by atoms with Gasteiger partial charge in [-0.25, -0.2) is 0 Å². The fraction of sp³-hybridized carbons (Fsp3) is 0.333. The van der Waals surface area contributed by atoms with Crippen LogP contribution in [0.15, 0.2) is 18.2 Å². The molecule has 0 heterocycles. The number of rotatable bonds is 0. The second-order valence-corrected chi connectivity index (χ2v) is 2.67. The molecule has 0 spiro atoms. The average molecular weight is 127 g/mol. The first-order valence-electron chi connectivity index (χ1n) is 3.23. The predicted octanol–water partition coefficient (Wildman–Crippen LogP) is -0.384. The van der Waals surface area contributed by atoms with E-state index in [4.69, 9.17) is 0 Å². The summed E-state index contributed by atoms with van der Waals surface area (Å²) >= 11 is 0. The molecule has 0 amide bonds. The van der Waals surface area contributed by atoms with Crippen LogP contribution < -0.4 is 18.9 Å². The molecule has 0 atom stereocenters. The third-order valence-corrected chi connectivity index (χ3v) is 1.37. The zero-order valence-electron chi connectivity index (χ0n) is 7.23. The van der Waals surface area contributed by atoms with Gasteiger partial charge >= 0.3 is 18.9 Å². The predicted molar refractivity (Wildman–Crippen MR) is 40.7 cm³/mol. The van der Waals surface area contributed by atoms with Gasteiger partial charge in [-0.15, -0.1) is 0 Å². The van der Waals surface area contributed by atoms with Crippen LogP contribution in [0.4, 0.5) is 0 Å². The quantitative estimate of drug-likeness (QED) is 0.417. The monoisotopic (exact) mass is 127 g/mol. The van der Waals surface area contributed by atoms with Crippen LogP contribution in [-0.2, 0) is 0 Å². The molecule has 10 heavy (non-hydrogen) atoms. The molecule has 48 valence electrons. The smallest absolute Gasteiger partial charge is 0.0564 e. The molecule has 0 fully saturated rings. The summed E-state index contributed by atoms with van der Waals surface area (Å²) < 4.78 is 0. The minimum atomic E-state index is 0. The van der Waals surface area contributed by atoms with Gasteiger partial charge in [0.25, 0.3) is 0 Å². The second kappa shape index (κ2) is 3.86. The van der Waals surface area contributed by atoms with Crippen LogP contribution in [0.25, 0.3) is 0 Å². The van der Waals surface area contributed by atoms with Gasteiger partial charge in [-0.2, -0.15) is 0 Å². The molecule has 0 saturated carbocycles. The van der Waals surface area contributed by atoms with Gasteiger partial charge in [0.05, 0.1) is 0 Å². The van der Waals surface area contributed by atoms with E-state index >= 15 is 0 Å². The molecule has 0 aromatic heterocycles. The Balaban J connectivity index is 0.000000810. The van der Waals surface area contributed by atoms with Crippen LogP contribution in [0.2, 0.25) is 0 Å². The van der Waals surface area contributed by atoms with Gasteiger partial charge in [0.2, 0.25) is 0 Å². The molecule has 0 nitrogen and oxygen atoms in total. The molecule has 1 aromatic rings. The molecule has 1 rings (SSSR count). The molecule has 0 saturated heterocycles. The Kier molecular flexibility index (Phi) is 3.79. The molecule has 0 bridgehead atoms. The molecule has 0 radical (unpaired) electrons. The van der Waals surface area contributed by atoms with Gasteiger partial charge in [0.1, 0.15) is 0 Å². The van der Waals surface area contributed by atoms with Crippen molar-refractivity contribution in [3.8, 4) is 0 Å².